The highest BCUT2D eigenvalue weighted by atomic mass is 16.4. The Kier molecular flexibility index (Phi) is 4.08. The number of para-hydroxylation sites is 1. The summed E-state index contributed by atoms with van der Waals surface area (Å²) in [6.07, 6.45) is 2.08. The quantitative estimate of drug-likeness (QED) is 0.829. The Hall–Kier alpha value is -2.30. The largest absolute Gasteiger partial charge is 0.481 e. The molecule has 2 rings (SSSR count). The molecule has 0 aliphatic carbocycles. The molecule has 20 heavy (non-hydrogen) atoms. The van der Waals surface area contributed by atoms with Gasteiger partial charge >= 0.3 is 12.0 Å². The number of aliphatic carboxylic acids is 1. The summed E-state index contributed by atoms with van der Waals surface area (Å²) in [4.78, 5) is 25.0. The fraction of sp³-hybridized carbons (Fsp3) is 0.333. The standard InChI is InChI=1S/C15H18N2O3/c1-3-10(2)16-15(20)17-9-12(14(18)19)8-11-6-4-5-7-13(11)17/h3-7,10,12H,1,8-9H2,2H3,(H,16,20)(H,18,19). The van der Waals surface area contributed by atoms with Gasteiger partial charge in [-0.2, -0.15) is 0 Å². The topological polar surface area (TPSA) is 69.6 Å². The maximum atomic E-state index is 12.3. The van der Waals surface area contributed by atoms with Crippen LogP contribution in [0.4, 0.5) is 10.5 Å². The Morgan fingerprint density at radius 3 is 2.85 bits per heavy atom. The average Bonchev–Trinajstić information content (AvgIpc) is 2.45. The molecule has 0 spiro atoms. The van der Waals surface area contributed by atoms with E-state index in [0.29, 0.717) is 6.42 Å². The molecule has 1 heterocycles. The molecule has 2 N–H and O–H groups in total. The number of amides is 2. The monoisotopic (exact) mass is 274 g/mol. The van der Waals surface area contributed by atoms with Crippen LogP contribution in [0.1, 0.15) is 12.5 Å². The van der Waals surface area contributed by atoms with Crippen LogP contribution in [0, 0.1) is 5.92 Å². The number of carboxylic acid groups (broad SMARTS) is 1. The summed E-state index contributed by atoms with van der Waals surface area (Å²) in [5, 5.41) is 12.0. The van der Waals surface area contributed by atoms with Crippen LogP contribution in [0.15, 0.2) is 36.9 Å². The van der Waals surface area contributed by atoms with E-state index in [-0.39, 0.29) is 18.6 Å². The molecule has 0 saturated heterocycles. The summed E-state index contributed by atoms with van der Waals surface area (Å²) in [6.45, 7) is 5.62. The number of nitrogens with one attached hydrogen (secondary N) is 1. The zero-order valence-electron chi connectivity index (χ0n) is 11.4. The number of urea groups is 1. The Morgan fingerprint density at radius 2 is 2.20 bits per heavy atom. The Morgan fingerprint density at radius 1 is 1.50 bits per heavy atom. The summed E-state index contributed by atoms with van der Waals surface area (Å²) in [5.74, 6) is -1.45. The highest BCUT2D eigenvalue weighted by molar-refractivity contribution is 5.94. The van der Waals surface area contributed by atoms with Gasteiger partial charge in [0, 0.05) is 18.3 Å². The van der Waals surface area contributed by atoms with Crippen molar-refractivity contribution in [2.45, 2.75) is 19.4 Å². The number of carbonyl (C=O) groups excluding carboxylic acids is 1. The van der Waals surface area contributed by atoms with Crippen molar-refractivity contribution in [3.63, 3.8) is 0 Å². The Labute approximate surface area is 117 Å². The van der Waals surface area contributed by atoms with Crippen LogP contribution in [0.5, 0.6) is 0 Å². The molecule has 0 bridgehead atoms. The SMILES string of the molecule is C=CC(C)NC(=O)N1CC(C(=O)O)Cc2ccccc21. The molecule has 5 nitrogen and oxygen atoms in total. The van der Waals surface area contributed by atoms with Gasteiger partial charge in [0.1, 0.15) is 0 Å². The van der Waals surface area contributed by atoms with E-state index in [1.165, 1.54) is 4.90 Å². The number of anilines is 1. The Bertz CT molecular complexity index is 542. The third-order valence-corrected chi connectivity index (χ3v) is 3.45. The molecule has 1 aromatic rings. The molecular formula is C15H18N2O3. The van der Waals surface area contributed by atoms with Crippen LogP contribution < -0.4 is 10.2 Å². The van der Waals surface area contributed by atoms with Crippen molar-refractivity contribution in [1.29, 1.82) is 0 Å². The van der Waals surface area contributed by atoms with Gasteiger partial charge in [-0.05, 0) is 25.0 Å². The van der Waals surface area contributed by atoms with Crippen molar-refractivity contribution in [3.05, 3.63) is 42.5 Å². The first-order valence-corrected chi connectivity index (χ1v) is 6.54. The highest BCUT2D eigenvalue weighted by Crippen LogP contribution is 2.29. The molecule has 1 aromatic carbocycles. The Balaban J connectivity index is 2.28. The van der Waals surface area contributed by atoms with E-state index < -0.39 is 11.9 Å². The van der Waals surface area contributed by atoms with Gasteiger partial charge in [0.25, 0.3) is 0 Å². The van der Waals surface area contributed by atoms with Gasteiger partial charge in [-0.3, -0.25) is 9.69 Å². The minimum Gasteiger partial charge on any atom is -0.481 e. The van der Waals surface area contributed by atoms with Crippen molar-refractivity contribution in [1.82, 2.24) is 5.32 Å². The number of carboxylic acids is 1. The van der Waals surface area contributed by atoms with Crippen LogP contribution in [0.2, 0.25) is 0 Å². The molecule has 0 saturated carbocycles. The lowest BCUT2D eigenvalue weighted by molar-refractivity contribution is -0.141. The van der Waals surface area contributed by atoms with Gasteiger partial charge in [-0.1, -0.05) is 24.3 Å². The van der Waals surface area contributed by atoms with Gasteiger partial charge in [0.2, 0.25) is 0 Å². The lowest BCUT2D eigenvalue weighted by atomic mass is 9.93. The van der Waals surface area contributed by atoms with E-state index >= 15 is 0 Å². The van der Waals surface area contributed by atoms with Crippen molar-refractivity contribution in [2.24, 2.45) is 5.92 Å². The normalized spacial score (nSPS) is 18.9. The summed E-state index contributed by atoms with van der Waals surface area (Å²) < 4.78 is 0. The molecule has 2 amide bonds. The van der Waals surface area contributed by atoms with E-state index in [2.05, 4.69) is 11.9 Å². The van der Waals surface area contributed by atoms with Gasteiger partial charge in [-0.15, -0.1) is 6.58 Å². The number of nitrogens with zero attached hydrogens (tertiary/aromatic N) is 1. The number of hydrogen-bond acceptors (Lipinski definition) is 2. The highest BCUT2D eigenvalue weighted by Gasteiger charge is 2.32. The van der Waals surface area contributed by atoms with Crippen LogP contribution in [-0.2, 0) is 11.2 Å². The molecular weight excluding hydrogens is 256 g/mol. The molecule has 0 radical (unpaired) electrons. The molecule has 5 heteroatoms. The number of benzene rings is 1. The maximum Gasteiger partial charge on any atom is 0.322 e. The molecule has 1 aliphatic rings. The lowest BCUT2D eigenvalue weighted by Gasteiger charge is -2.33. The second-order valence-corrected chi connectivity index (χ2v) is 4.95. The van der Waals surface area contributed by atoms with Gasteiger partial charge in [0.05, 0.1) is 5.92 Å². The first-order chi connectivity index (χ1) is 9.52. The predicted octanol–water partition coefficient (Wildman–Crippen LogP) is 2.03. The van der Waals surface area contributed by atoms with Crippen LogP contribution in [-0.4, -0.2) is 29.7 Å². The second-order valence-electron chi connectivity index (χ2n) is 4.95. The lowest BCUT2D eigenvalue weighted by Crippen LogP contribution is -2.49. The van der Waals surface area contributed by atoms with Gasteiger partial charge < -0.3 is 10.4 Å². The minimum atomic E-state index is -0.880. The number of rotatable bonds is 3. The smallest absolute Gasteiger partial charge is 0.322 e. The van der Waals surface area contributed by atoms with Crippen molar-refractivity contribution >= 4 is 17.7 Å². The van der Waals surface area contributed by atoms with E-state index in [1.54, 1.807) is 6.08 Å². The maximum absolute atomic E-state index is 12.3. The van der Waals surface area contributed by atoms with Crippen LogP contribution in [0.25, 0.3) is 0 Å². The first-order valence-electron chi connectivity index (χ1n) is 6.54. The van der Waals surface area contributed by atoms with Gasteiger partial charge in [-0.25, -0.2) is 4.79 Å². The fourth-order valence-corrected chi connectivity index (χ4v) is 2.28. The molecule has 2 unspecified atom stereocenters. The van der Waals surface area contributed by atoms with Crippen molar-refractivity contribution < 1.29 is 14.7 Å². The van der Waals surface area contributed by atoms with E-state index in [4.69, 9.17) is 0 Å². The fourth-order valence-electron chi connectivity index (χ4n) is 2.28. The zero-order chi connectivity index (χ0) is 14.7. The van der Waals surface area contributed by atoms with Crippen molar-refractivity contribution in [2.75, 3.05) is 11.4 Å². The summed E-state index contributed by atoms with van der Waals surface area (Å²) in [7, 11) is 0. The van der Waals surface area contributed by atoms with Crippen LogP contribution in [0.3, 0.4) is 0 Å². The molecule has 2 atom stereocenters. The zero-order valence-corrected chi connectivity index (χ0v) is 11.4. The number of fused-ring (bicyclic) bond motifs is 1. The molecule has 0 aromatic heterocycles. The third kappa shape index (κ3) is 2.82. The van der Waals surface area contributed by atoms with E-state index in [0.717, 1.165) is 11.3 Å². The van der Waals surface area contributed by atoms with Crippen LogP contribution >= 0.6 is 0 Å². The van der Waals surface area contributed by atoms with Crippen molar-refractivity contribution in [3.8, 4) is 0 Å². The van der Waals surface area contributed by atoms with Gasteiger partial charge in [0.15, 0.2) is 0 Å². The summed E-state index contributed by atoms with van der Waals surface area (Å²) in [5.41, 5.74) is 1.66. The third-order valence-electron chi connectivity index (χ3n) is 3.45. The average molecular weight is 274 g/mol. The van der Waals surface area contributed by atoms with E-state index in [9.17, 15) is 14.7 Å². The second kappa shape index (κ2) is 5.77. The molecule has 1 aliphatic heterocycles. The summed E-state index contributed by atoms with van der Waals surface area (Å²) >= 11 is 0. The number of hydrogen-bond donors (Lipinski definition) is 2. The predicted molar refractivity (Wildman–Crippen MR) is 76.8 cm³/mol. The minimum absolute atomic E-state index is 0.167. The molecule has 0 fully saturated rings. The molecule has 106 valence electrons. The number of carbonyl (C=O) groups is 2. The van der Waals surface area contributed by atoms with E-state index in [1.807, 2.05) is 31.2 Å². The summed E-state index contributed by atoms with van der Waals surface area (Å²) in [6, 6.07) is 6.94. The first kappa shape index (κ1) is 14.1.